The molecular formula is C14H19BrCl2N2O2S. The van der Waals surface area contributed by atoms with Gasteiger partial charge in [0.05, 0.1) is 6.04 Å². The van der Waals surface area contributed by atoms with E-state index in [4.69, 9.17) is 23.2 Å². The van der Waals surface area contributed by atoms with Crippen LogP contribution in [0, 0.1) is 0 Å². The summed E-state index contributed by atoms with van der Waals surface area (Å²) in [6, 6.07) is 5.06. The van der Waals surface area contributed by atoms with Crippen molar-refractivity contribution < 1.29 is 9.35 Å². The first-order chi connectivity index (χ1) is 10.1. The Hall–Kier alpha value is 0.0200. The number of rotatable bonds is 6. The van der Waals surface area contributed by atoms with E-state index in [1.54, 1.807) is 12.1 Å². The zero-order valence-electron chi connectivity index (χ0n) is 12.6. The largest absolute Gasteiger partial charge is 0.598 e. The zero-order chi connectivity index (χ0) is 16.9. The third kappa shape index (κ3) is 6.64. The molecule has 0 aliphatic heterocycles. The molecule has 4 nitrogen and oxygen atoms in total. The molecule has 1 rings (SSSR count). The van der Waals surface area contributed by atoms with Crippen molar-refractivity contribution >= 4 is 56.4 Å². The van der Waals surface area contributed by atoms with Crippen molar-refractivity contribution in [3.8, 4) is 0 Å². The van der Waals surface area contributed by atoms with Crippen molar-refractivity contribution in [1.29, 1.82) is 0 Å². The molecule has 0 aliphatic rings. The van der Waals surface area contributed by atoms with Gasteiger partial charge in [-0.1, -0.05) is 27.5 Å². The van der Waals surface area contributed by atoms with Crippen LogP contribution in [0.4, 0.5) is 0 Å². The van der Waals surface area contributed by atoms with Crippen molar-refractivity contribution in [2.45, 2.75) is 31.6 Å². The standard InChI is InChI=1S/C14H19BrCl2N2O2S/c1-14(2,3)22(21)19-12(8-18-13(20)7-16)9-4-10(15)6-11(17)5-9/h4-6,12,19H,7-8H2,1-3H3,(H,18,20)/t12-,22?/m0/s1. The summed E-state index contributed by atoms with van der Waals surface area (Å²) in [7, 11) is 0. The summed E-state index contributed by atoms with van der Waals surface area (Å²) >= 11 is 13.7. The Labute approximate surface area is 152 Å². The maximum Gasteiger partial charge on any atom is 0.234 e. The molecule has 1 aromatic carbocycles. The highest BCUT2D eigenvalue weighted by Gasteiger charge is 2.30. The van der Waals surface area contributed by atoms with Crippen LogP contribution in [0.3, 0.4) is 0 Å². The average Bonchev–Trinajstić information content (AvgIpc) is 2.40. The molecule has 0 heterocycles. The molecule has 2 N–H and O–H groups in total. The van der Waals surface area contributed by atoms with E-state index in [-0.39, 0.29) is 24.4 Å². The van der Waals surface area contributed by atoms with Crippen LogP contribution in [0.2, 0.25) is 5.02 Å². The Morgan fingerprint density at radius 3 is 2.55 bits per heavy atom. The number of hydrogen-bond donors (Lipinski definition) is 2. The molecular weight excluding hydrogens is 411 g/mol. The van der Waals surface area contributed by atoms with Gasteiger partial charge in [-0.3, -0.25) is 4.79 Å². The van der Waals surface area contributed by atoms with E-state index in [0.29, 0.717) is 5.02 Å². The fourth-order valence-electron chi connectivity index (χ4n) is 1.57. The maximum atomic E-state index is 12.3. The van der Waals surface area contributed by atoms with Crippen LogP contribution in [0.15, 0.2) is 22.7 Å². The first-order valence-corrected chi connectivity index (χ1v) is 9.45. The second-order valence-electron chi connectivity index (χ2n) is 5.69. The molecule has 0 saturated carbocycles. The molecule has 0 fully saturated rings. The van der Waals surface area contributed by atoms with Crippen LogP contribution in [0.1, 0.15) is 32.4 Å². The monoisotopic (exact) mass is 428 g/mol. The molecule has 2 atom stereocenters. The Bertz CT molecular complexity index is 506. The number of benzene rings is 1. The second-order valence-corrected chi connectivity index (χ2v) is 9.31. The molecule has 0 spiro atoms. The Morgan fingerprint density at radius 2 is 2.05 bits per heavy atom. The van der Waals surface area contributed by atoms with Gasteiger partial charge in [-0.25, -0.2) is 0 Å². The van der Waals surface area contributed by atoms with Gasteiger partial charge in [0.15, 0.2) is 0 Å². The van der Waals surface area contributed by atoms with Crippen molar-refractivity contribution in [3.63, 3.8) is 0 Å². The maximum absolute atomic E-state index is 12.3. The Morgan fingerprint density at radius 1 is 1.41 bits per heavy atom. The van der Waals surface area contributed by atoms with Gasteiger partial charge in [-0.05, 0) is 44.5 Å². The fourth-order valence-corrected chi connectivity index (χ4v) is 3.39. The van der Waals surface area contributed by atoms with E-state index in [1.165, 1.54) is 0 Å². The lowest BCUT2D eigenvalue weighted by atomic mass is 10.1. The lowest BCUT2D eigenvalue weighted by Crippen LogP contribution is -2.44. The molecule has 0 aliphatic carbocycles. The molecule has 1 amide bonds. The number of carbonyl (C=O) groups is 1. The third-order valence-electron chi connectivity index (χ3n) is 2.72. The molecule has 8 heteroatoms. The second kappa shape index (κ2) is 8.76. The topological polar surface area (TPSA) is 64.2 Å². The number of nitrogens with one attached hydrogen (secondary N) is 2. The van der Waals surface area contributed by atoms with E-state index < -0.39 is 16.1 Å². The summed E-state index contributed by atoms with van der Waals surface area (Å²) in [5, 5.41) is 3.26. The zero-order valence-corrected chi connectivity index (χ0v) is 16.5. The first kappa shape index (κ1) is 20.1. The SMILES string of the molecule is CC(C)(C)[S+]([O-])N[C@@H](CNC(=O)CCl)c1cc(Cl)cc(Br)c1. The fraction of sp³-hybridized carbons (Fsp3) is 0.500. The smallest absolute Gasteiger partial charge is 0.234 e. The Kier molecular flexibility index (Phi) is 7.99. The van der Waals surface area contributed by atoms with Gasteiger partial charge >= 0.3 is 0 Å². The van der Waals surface area contributed by atoms with Crippen molar-refractivity contribution in [2.75, 3.05) is 12.4 Å². The van der Waals surface area contributed by atoms with Gasteiger partial charge in [0.1, 0.15) is 10.6 Å². The van der Waals surface area contributed by atoms with Crippen LogP contribution >= 0.6 is 39.1 Å². The highest BCUT2D eigenvalue weighted by Crippen LogP contribution is 2.26. The lowest BCUT2D eigenvalue weighted by Gasteiger charge is -2.28. The van der Waals surface area contributed by atoms with E-state index >= 15 is 0 Å². The van der Waals surface area contributed by atoms with Gasteiger partial charge < -0.3 is 9.87 Å². The summed E-state index contributed by atoms with van der Waals surface area (Å²) in [6.45, 7) is 5.88. The predicted octanol–water partition coefficient (Wildman–Crippen LogP) is 3.55. The third-order valence-corrected chi connectivity index (χ3v) is 5.25. The van der Waals surface area contributed by atoms with Gasteiger partial charge in [-0.15, -0.1) is 16.3 Å². The van der Waals surface area contributed by atoms with E-state index in [9.17, 15) is 9.35 Å². The van der Waals surface area contributed by atoms with Crippen molar-refractivity contribution in [3.05, 3.63) is 33.3 Å². The number of carbonyl (C=O) groups excluding carboxylic acids is 1. The normalized spacial score (nSPS) is 14.5. The quantitative estimate of drug-likeness (QED) is 0.536. The molecule has 0 saturated heterocycles. The highest BCUT2D eigenvalue weighted by atomic mass is 79.9. The van der Waals surface area contributed by atoms with E-state index in [0.717, 1.165) is 10.0 Å². The summed E-state index contributed by atoms with van der Waals surface area (Å²) in [5.41, 5.74) is 0.826. The van der Waals surface area contributed by atoms with Crippen molar-refractivity contribution in [2.24, 2.45) is 0 Å². The summed E-state index contributed by atoms with van der Waals surface area (Å²) in [4.78, 5) is 11.4. The summed E-state index contributed by atoms with van der Waals surface area (Å²) < 4.78 is 15.8. The van der Waals surface area contributed by atoms with Crippen LogP contribution in [-0.4, -0.2) is 27.6 Å². The van der Waals surface area contributed by atoms with Crippen molar-refractivity contribution in [1.82, 2.24) is 10.0 Å². The van der Waals surface area contributed by atoms with Crippen LogP contribution < -0.4 is 10.0 Å². The molecule has 22 heavy (non-hydrogen) atoms. The van der Waals surface area contributed by atoms with E-state index in [1.807, 2.05) is 26.8 Å². The van der Waals surface area contributed by atoms with Crippen LogP contribution in [-0.2, 0) is 16.2 Å². The predicted molar refractivity (Wildman–Crippen MR) is 96.7 cm³/mol. The summed E-state index contributed by atoms with van der Waals surface area (Å²) in [5.74, 6) is -0.398. The minimum atomic E-state index is -1.29. The molecule has 0 radical (unpaired) electrons. The van der Waals surface area contributed by atoms with Gasteiger partial charge in [0, 0.05) is 27.4 Å². The summed E-state index contributed by atoms with van der Waals surface area (Å²) in [6.07, 6.45) is 0. The highest BCUT2D eigenvalue weighted by molar-refractivity contribution is 9.10. The minimum Gasteiger partial charge on any atom is -0.598 e. The average molecular weight is 430 g/mol. The number of halogens is 3. The van der Waals surface area contributed by atoms with Crippen LogP contribution in [0.5, 0.6) is 0 Å². The molecule has 124 valence electrons. The number of alkyl halides is 1. The van der Waals surface area contributed by atoms with E-state index in [2.05, 4.69) is 26.0 Å². The van der Waals surface area contributed by atoms with Crippen LogP contribution in [0.25, 0.3) is 0 Å². The van der Waals surface area contributed by atoms with Gasteiger partial charge in [0.25, 0.3) is 0 Å². The Balaban J connectivity index is 2.97. The molecule has 1 unspecified atom stereocenters. The first-order valence-electron chi connectivity index (χ1n) is 6.60. The lowest BCUT2D eigenvalue weighted by molar-refractivity contribution is -0.118. The number of hydrogen-bond acceptors (Lipinski definition) is 3. The minimum absolute atomic E-state index is 0.117. The molecule has 0 aromatic heterocycles. The molecule has 0 bridgehead atoms. The van der Waals surface area contributed by atoms with Gasteiger partial charge in [-0.2, -0.15) is 0 Å². The van der Waals surface area contributed by atoms with Gasteiger partial charge in [0.2, 0.25) is 5.91 Å². The number of amides is 1. The molecule has 1 aromatic rings.